The number of benzene rings is 1. The van der Waals surface area contributed by atoms with Crippen molar-refractivity contribution >= 4 is 16.0 Å². The normalized spacial score (nSPS) is 11.4. The zero-order valence-corrected chi connectivity index (χ0v) is 10.0. The van der Waals surface area contributed by atoms with Crippen LogP contribution in [-0.4, -0.2) is 33.1 Å². The summed E-state index contributed by atoms with van der Waals surface area (Å²) in [6.07, 6.45) is 0. The van der Waals surface area contributed by atoms with Crippen LogP contribution >= 0.6 is 0 Å². The highest BCUT2D eigenvalue weighted by Crippen LogP contribution is 2.11. The summed E-state index contributed by atoms with van der Waals surface area (Å²) in [6, 6.07) is 6.13. The molecule has 0 bridgehead atoms. The molecule has 0 spiro atoms. The summed E-state index contributed by atoms with van der Waals surface area (Å²) in [5, 5.41) is 8.42. The van der Waals surface area contributed by atoms with Gasteiger partial charge in [-0.15, -0.1) is 0 Å². The van der Waals surface area contributed by atoms with E-state index >= 15 is 0 Å². The Kier molecular flexibility index (Phi) is 4.62. The minimum atomic E-state index is -3.78. The van der Waals surface area contributed by atoms with Crippen LogP contribution in [0.3, 0.4) is 0 Å². The van der Waals surface area contributed by atoms with Gasteiger partial charge in [0.05, 0.1) is 11.5 Å². The molecule has 17 heavy (non-hydrogen) atoms. The topological polar surface area (TPSA) is 92.7 Å². The first-order valence-electron chi connectivity index (χ1n) is 4.75. The third-order valence-electron chi connectivity index (χ3n) is 1.93. The van der Waals surface area contributed by atoms with Gasteiger partial charge in [-0.1, -0.05) is 12.1 Å². The van der Waals surface area contributed by atoms with Crippen molar-refractivity contribution in [3.05, 3.63) is 29.8 Å². The van der Waals surface area contributed by atoms with Crippen molar-refractivity contribution in [2.45, 2.75) is 11.5 Å². The van der Waals surface area contributed by atoms with Crippen LogP contribution in [0.25, 0.3) is 0 Å². The summed E-state index contributed by atoms with van der Waals surface area (Å²) in [6.45, 7) is -0.348. The highest BCUT2D eigenvalue weighted by Gasteiger charge is 2.15. The van der Waals surface area contributed by atoms with E-state index in [9.17, 15) is 13.2 Å². The summed E-state index contributed by atoms with van der Waals surface area (Å²) >= 11 is 0. The van der Waals surface area contributed by atoms with Crippen LogP contribution in [0.5, 0.6) is 0 Å². The fourth-order valence-electron chi connectivity index (χ4n) is 1.21. The summed E-state index contributed by atoms with van der Waals surface area (Å²) in [5.41, 5.74) is 0.700. The van der Waals surface area contributed by atoms with E-state index in [-0.39, 0.29) is 4.90 Å². The number of hydrogen-bond donors (Lipinski definition) is 2. The second-order valence-corrected chi connectivity index (χ2v) is 5.07. The van der Waals surface area contributed by atoms with E-state index in [4.69, 9.17) is 9.84 Å². The Morgan fingerprint density at radius 3 is 2.76 bits per heavy atom. The number of nitrogens with one attached hydrogen (secondary N) is 1. The number of ether oxygens (including phenoxy) is 1. The first-order valence-corrected chi connectivity index (χ1v) is 6.23. The predicted octanol–water partition coefficient (Wildman–Crippen LogP) is 0.196. The molecule has 0 saturated carbocycles. The number of carboxylic acids is 1. The first-order chi connectivity index (χ1) is 7.95. The molecule has 1 aromatic carbocycles. The van der Waals surface area contributed by atoms with Crippen LogP contribution in [0.15, 0.2) is 29.2 Å². The second-order valence-electron chi connectivity index (χ2n) is 3.30. The lowest BCUT2D eigenvalue weighted by atomic mass is 10.2. The van der Waals surface area contributed by atoms with Crippen molar-refractivity contribution in [1.82, 2.24) is 4.72 Å². The molecule has 0 unspecified atom stereocenters. The Bertz CT molecular complexity index is 497. The Hall–Kier alpha value is -1.44. The number of carboxylic acid groups (broad SMARTS) is 1. The molecule has 0 amide bonds. The minimum Gasteiger partial charge on any atom is -0.480 e. The molecule has 7 heteroatoms. The van der Waals surface area contributed by atoms with Gasteiger partial charge in [0.25, 0.3) is 0 Å². The number of sulfonamides is 1. The Morgan fingerprint density at radius 1 is 1.47 bits per heavy atom. The molecule has 2 N–H and O–H groups in total. The van der Waals surface area contributed by atoms with E-state index in [0.29, 0.717) is 12.2 Å². The van der Waals surface area contributed by atoms with Crippen molar-refractivity contribution in [1.29, 1.82) is 0 Å². The predicted molar refractivity (Wildman–Crippen MR) is 60.0 cm³/mol. The molecular weight excluding hydrogens is 246 g/mol. The molecule has 0 radical (unpaired) electrons. The Labute approximate surface area is 99.3 Å². The molecule has 0 heterocycles. The smallest absolute Gasteiger partial charge is 0.318 e. The molecule has 0 aliphatic carbocycles. The van der Waals surface area contributed by atoms with Gasteiger partial charge < -0.3 is 9.84 Å². The fourth-order valence-corrected chi connectivity index (χ4v) is 2.25. The molecule has 0 fully saturated rings. The maximum absolute atomic E-state index is 11.7. The van der Waals surface area contributed by atoms with Gasteiger partial charge in [0, 0.05) is 7.11 Å². The minimum absolute atomic E-state index is 0.0216. The van der Waals surface area contributed by atoms with Crippen molar-refractivity contribution in [2.24, 2.45) is 0 Å². The monoisotopic (exact) mass is 259 g/mol. The van der Waals surface area contributed by atoms with Gasteiger partial charge in [-0.3, -0.25) is 4.79 Å². The maximum atomic E-state index is 11.7. The number of hydrogen-bond acceptors (Lipinski definition) is 4. The quantitative estimate of drug-likeness (QED) is 0.761. The number of rotatable bonds is 6. The average Bonchev–Trinajstić information content (AvgIpc) is 2.27. The van der Waals surface area contributed by atoms with Crippen LogP contribution in [0.4, 0.5) is 0 Å². The van der Waals surface area contributed by atoms with Crippen LogP contribution in [-0.2, 0) is 26.2 Å². The lowest BCUT2D eigenvalue weighted by molar-refractivity contribution is -0.135. The Morgan fingerprint density at radius 2 is 2.18 bits per heavy atom. The lowest BCUT2D eigenvalue weighted by Gasteiger charge is -2.06. The molecular formula is C10H13NO5S. The van der Waals surface area contributed by atoms with E-state index in [1.54, 1.807) is 12.1 Å². The Balaban J connectivity index is 2.90. The molecule has 94 valence electrons. The molecule has 6 nitrogen and oxygen atoms in total. The number of carbonyl (C=O) groups is 1. The molecule has 0 aromatic heterocycles. The standard InChI is InChI=1S/C10H13NO5S/c1-16-7-8-3-2-4-9(5-8)17(14,15)11-6-10(12)13/h2-5,11H,6-7H2,1H3,(H,12,13). The largest absolute Gasteiger partial charge is 0.480 e. The summed E-state index contributed by atoms with van der Waals surface area (Å²) in [4.78, 5) is 10.3. The fraction of sp³-hybridized carbons (Fsp3) is 0.300. The highest BCUT2D eigenvalue weighted by molar-refractivity contribution is 7.89. The van der Waals surface area contributed by atoms with Gasteiger partial charge in [0.1, 0.15) is 6.54 Å². The molecule has 0 saturated heterocycles. The van der Waals surface area contributed by atoms with Gasteiger partial charge in [-0.25, -0.2) is 8.42 Å². The lowest BCUT2D eigenvalue weighted by Crippen LogP contribution is -2.29. The molecule has 1 aromatic rings. The van der Waals surface area contributed by atoms with Crippen molar-refractivity contribution in [3.63, 3.8) is 0 Å². The van der Waals surface area contributed by atoms with E-state index in [1.165, 1.54) is 19.2 Å². The zero-order valence-electron chi connectivity index (χ0n) is 9.21. The molecule has 1 rings (SSSR count). The van der Waals surface area contributed by atoms with Gasteiger partial charge in [0.2, 0.25) is 10.0 Å². The number of aliphatic carboxylic acids is 1. The molecule has 0 atom stereocenters. The van der Waals surface area contributed by atoms with E-state index in [0.717, 1.165) is 0 Å². The third-order valence-corrected chi connectivity index (χ3v) is 3.33. The number of methoxy groups -OCH3 is 1. The van der Waals surface area contributed by atoms with Gasteiger partial charge in [-0.05, 0) is 17.7 Å². The molecule has 0 aliphatic heterocycles. The van der Waals surface area contributed by atoms with Crippen molar-refractivity contribution in [2.75, 3.05) is 13.7 Å². The zero-order chi connectivity index (χ0) is 12.9. The van der Waals surface area contributed by atoms with Crippen LogP contribution in [0, 0.1) is 0 Å². The maximum Gasteiger partial charge on any atom is 0.318 e. The molecule has 0 aliphatic rings. The highest BCUT2D eigenvalue weighted by atomic mass is 32.2. The van der Waals surface area contributed by atoms with Gasteiger partial charge >= 0.3 is 5.97 Å². The SMILES string of the molecule is COCc1cccc(S(=O)(=O)NCC(=O)O)c1. The average molecular weight is 259 g/mol. The third kappa shape index (κ3) is 4.14. The van der Waals surface area contributed by atoms with Crippen molar-refractivity contribution in [3.8, 4) is 0 Å². The van der Waals surface area contributed by atoms with Crippen LogP contribution in [0.2, 0.25) is 0 Å². The van der Waals surface area contributed by atoms with E-state index < -0.39 is 22.5 Å². The van der Waals surface area contributed by atoms with Gasteiger partial charge in [-0.2, -0.15) is 4.72 Å². The van der Waals surface area contributed by atoms with Gasteiger partial charge in [0.15, 0.2) is 0 Å². The van der Waals surface area contributed by atoms with E-state index in [2.05, 4.69) is 0 Å². The summed E-state index contributed by atoms with van der Waals surface area (Å²) in [5.74, 6) is -1.23. The summed E-state index contributed by atoms with van der Waals surface area (Å²) in [7, 11) is -2.28. The second kappa shape index (κ2) is 5.76. The summed E-state index contributed by atoms with van der Waals surface area (Å²) < 4.78 is 30.2. The van der Waals surface area contributed by atoms with Crippen molar-refractivity contribution < 1.29 is 23.1 Å². The van der Waals surface area contributed by atoms with E-state index in [1.807, 2.05) is 4.72 Å². The van der Waals surface area contributed by atoms with Crippen LogP contribution < -0.4 is 4.72 Å². The first kappa shape index (κ1) is 13.6. The van der Waals surface area contributed by atoms with Crippen LogP contribution in [0.1, 0.15) is 5.56 Å².